The highest BCUT2D eigenvalue weighted by molar-refractivity contribution is 5.74. The third-order valence-corrected chi connectivity index (χ3v) is 2.55. The van der Waals surface area contributed by atoms with Crippen LogP contribution in [-0.2, 0) is 16.1 Å². The van der Waals surface area contributed by atoms with E-state index in [1.165, 1.54) is 12.1 Å². The first kappa shape index (κ1) is 14.0. The lowest BCUT2D eigenvalue weighted by atomic mass is 10.2. The molecule has 104 valence electrons. The molecule has 0 aliphatic carbocycles. The third-order valence-electron chi connectivity index (χ3n) is 2.55. The Morgan fingerprint density at radius 3 is 2.65 bits per heavy atom. The Balaban J connectivity index is 1.84. The van der Waals surface area contributed by atoms with Crippen LogP contribution in [-0.4, -0.2) is 17.1 Å². The summed E-state index contributed by atoms with van der Waals surface area (Å²) < 4.78 is 23.1. The first-order chi connectivity index (χ1) is 9.65. The molecule has 1 heterocycles. The Hall–Kier alpha value is -2.43. The molecule has 0 aliphatic heterocycles. The number of nitrogens with zero attached hydrogens (tertiary/aromatic N) is 1. The summed E-state index contributed by atoms with van der Waals surface area (Å²) in [5.41, 5.74) is 0.896. The molecule has 20 heavy (non-hydrogen) atoms. The van der Waals surface area contributed by atoms with Crippen LogP contribution in [0.3, 0.4) is 0 Å². The van der Waals surface area contributed by atoms with Gasteiger partial charge in [-0.05, 0) is 18.6 Å². The highest BCUT2D eigenvalue weighted by Gasteiger charge is 2.17. The van der Waals surface area contributed by atoms with Gasteiger partial charge in [-0.2, -0.15) is 0 Å². The van der Waals surface area contributed by atoms with Crippen LogP contribution in [0.4, 0.5) is 4.39 Å². The van der Waals surface area contributed by atoms with Crippen molar-refractivity contribution in [2.24, 2.45) is 0 Å². The minimum atomic E-state index is -0.809. The fraction of sp³-hybridized carbons (Fsp3) is 0.200. The van der Waals surface area contributed by atoms with Gasteiger partial charge in [0, 0.05) is 6.07 Å². The summed E-state index contributed by atoms with van der Waals surface area (Å²) in [6.07, 6.45) is 0.217. The fourth-order valence-corrected chi connectivity index (χ4v) is 1.51. The zero-order valence-electron chi connectivity index (χ0n) is 11.0. The van der Waals surface area contributed by atoms with Gasteiger partial charge in [0.05, 0.1) is 6.20 Å². The number of esters is 1. The second-order valence-electron chi connectivity index (χ2n) is 4.17. The molecule has 1 atom stereocenters. The Labute approximate surface area is 116 Å². The standard InChI is InChI=1S/C15H14FNO3/c1-11(20-14-8-7-13(16)9-17-14)15(18)19-10-12-5-3-2-4-6-12/h2-9,11H,10H2,1H3. The Morgan fingerprint density at radius 1 is 1.25 bits per heavy atom. The van der Waals surface area contributed by atoms with E-state index in [1.54, 1.807) is 6.92 Å². The molecule has 4 nitrogen and oxygen atoms in total. The number of ether oxygens (including phenoxy) is 2. The summed E-state index contributed by atoms with van der Waals surface area (Å²) in [4.78, 5) is 15.5. The number of hydrogen-bond acceptors (Lipinski definition) is 4. The van der Waals surface area contributed by atoms with Crippen molar-refractivity contribution in [3.05, 3.63) is 60.0 Å². The van der Waals surface area contributed by atoms with Crippen LogP contribution in [0.1, 0.15) is 12.5 Å². The number of aromatic nitrogens is 1. The zero-order valence-corrected chi connectivity index (χ0v) is 11.0. The fourth-order valence-electron chi connectivity index (χ4n) is 1.51. The highest BCUT2D eigenvalue weighted by Crippen LogP contribution is 2.10. The molecule has 0 amide bonds. The van der Waals surface area contributed by atoms with E-state index in [-0.39, 0.29) is 12.5 Å². The van der Waals surface area contributed by atoms with Gasteiger partial charge < -0.3 is 9.47 Å². The molecule has 5 heteroatoms. The SMILES string of the molecule is CC(Oc1ccc(F)cn1)C(=O)OCc1ccccc1. The van der Waals surface area contributed by atoms with Gasteiger partial charge in [0.1, 0.15) is 12.4 Å². The van der Waals surface area contributed by atoms with Crippen LogP contribution in [0, 0.1) is 5.82 Å². The molecule has 0 saturated carbocycles. The van der Waals surface area contributed by atoms with E-state index in [1.807, 2.05) is 30.3 Å². The first-order valence-corrected chi connectivity index (χ1v) is 6.14. The summed E-state index contributed by atoms with van der Waals surface area (Å²) in [6.45, 7) is 1.74. The molecule has 0 fully saturated rings. The van der Waals surface area contributed by atoms with Gasteiger partial charge in [-0.1, -0.05) is 30.3 Å². The van der Waals surface area contributed by atoms with Crippen molar-refractivity contribution < 1.29 is 18.7 Å². The second kappa shape index (κ2) is 6.65. The number of benzene rings is 1. The van der Waals surface area contributed by atoms with E-state index in [2.05, 4.69) is 4.98 Å². The van der Waals surface area contributed by atoms with Gasteiger partial charge in [0.2, 0.25) is 5.88 Å². The Kier molecular flexibility index (Phi) is 4.65. The van der Waals surface area contributed by atoms with Crippen molar-refractivity contribution >= 4 is 5.97 Å². The van der Waals surface area contributed by atoms with Crippen LogP contribution in [0.25, 0.3) is 0 Å². The summed E-state index contributed by atoms with van der Waals surface area (Å²) >= 11 is 0. The number of carbonyl (C=O) groups is 1. The number of pyridine rings is 1. The maximum Gasteiger partial charge on any atom is 0.347 e. The van der Waals surface area contributed by atoms with E-state index in [4.69, 9.17) is 9.47 Å². The Bertz CT molecular complexity index is 557. The lowest BCUT2D eigenvalue weighted by molar-refractivity contribution is -0.152. The van der Waals surface area contributed by atoms with Crippen molar-refractivity contribution in [3.63, 3.8) is 0 Å². The second-order valence-corrected chi connectivity index (χ2v) is 4.17. The van der Waals surface area contributed by atoms with E-state index >= 15 is 0 Å². The van der Waals surface area contributed by atoms with E-state index in [0.717, 1.165) is 11.8 Å². The average Bonchev–Trinajstić information content (AvgIpc) is 2.48. The highest BCUT2D eigenvalue weighted by atomic mass is 19.1. The number of carbonyl (C=O) groups excluding carboxylic acids is 1. The molecular formula is C15H14FNO3. The van der Waals surface area contributed by atoms with Gasteiger partial charge in [-0.3, -0.25) is 0 Å². The van der Waals surface area contributed by atoms with Gasteiger partial charge >= 0.3 is 5.97 Å². The lowest BCUT2D eigenvalue weighted by Crippen LogP contribution is -2.26. The molecular weight excluding hydrogens is 261 g/mol. The predicted octanol–water partition coefficient (Wildman–Crippen LogP) is 2.73. The monoisotopic (exact) mass is 275 g/mol. The molecule has 0 saturated heterocycles. The molecule has 1 aromatic heterocycles. The minimum Gasteiger partial charge on any atom is -0.463 e. The van der Waals surface area contributed by atoms with Gasteiger partial charge in [0.15, 0.2) is 6.10 Å². The normalized spacial score (nSPS) is 11.7. The summed E-state index contributed by atoms with van der Waals surface area (Å²) in [7, 11) is 0. The van der Waals surface area contributed by atoms with Crippen LogP contribution in [0.5, 0.6) is 5.88 Å². The zero-order chi connectivity index (χ0) is 14.4. The molecule has 0 N–H and O–H groups in total. The van der Waals surface area contributed by atoms with Crippen LogP contribution < -0.4 is 4.74 Å². The van der Waals surface area contributed by atoms with Crippen molar-refractivity contribution in [1.29, 1.82) is 0 Å². The maximum absolute atomic E-state index is 12.7. The van der Waals surface area contributed by atoms with Crippen molar-refractivity contribution in [2.45, 2.75) is 19.6 Å². The Morgan fingerprint density at radius 2 is 2.00 bits per heavy atom. The summed E-state index contributed by atoms with van der Waals surface area (Å²) in [5.74, 6) is -0.785. The first-order valence-electron chi connectivity index (χ1n) is 6.14. The van der Waals surface area contributed by atoms with E-state index in [9.17, 15) is 9.18 Å². The van der Waals surface area contributed by atoms with Crippen molar-refractivity contribution in [3.8, 4) is 5.88 Å². The van der Waals surface area contributed by atoms with E-state index in [0.29, 0.717) is 0 Å². The molecule has 0 aliphatic rings. The van der Waals surface area contributed by atoms with Crippen molar-refractivity contribution in [1.82, 2.24) is 4.98 Å². The minimum absolute atomic E-state index is 0.176. The van der Waals surface area contributed by atoms with Crippen LogP contribution in [0.15, 0.2) is 48.7 Å². The van der Waals surface area contributed by atoms with Gasteiger partial charge in [-0.15, -0.1) is 0 Å². The summed E-state index contributed by atoms with van der Waals surface area (Å²) in [6, 6.07) is 11.9. The van der Waals surface area contributed by atoms with E-state index < -0.39 is 17.9 Å². The largest absolute Gasteiger partial charge is 0.463 e. The number of halogens is 1. The molecule has 2 aromatic rings. The van der Waals surface area contributed by atoms with Crippen LogP contribution >= 0.6 is 0 Å². The molecule has 2 rings (SSSR count). The van der Waals surface area contributed by atoms with Crippen LogP contribution in [0.2, 0.25) is 0 Å². The lowest BCUT2D eigenvalue weighted by Gasteiger charge is -2.13. The third kappa shape index (κ3) is 4.05. The molecule has 1 aromatic carbocycles. The average molecular weight is 275 g/mol. The smallest absolute Gasteiger partial charge is 0.347 e. The molecule has 0 radical (unpaired) electrons. The number of hydrogen-bond donors (Lipinski definition) is 0. The maximum atomic E-state index is 12.7. The molecule has 0 bridgehead atoms. The van der Waals surface area contributed by atoms with Crippen molar-refractivity contribution in [2.75, 3.05) is 0 Å². The van der Waals surface area contributed by atoms with Gasteiger partial charge in [0.25, 0.3) is 0 Å². The topological polar surface area (TPSA) is 48.4 Å². The predicted molar refractivity (Wildman–Crippen MR) is 70.5 cm³/mol. The summed E-state index contributed by atoms with van der Waals surface area (Å²) in [5, 5.41) is 0. The number of rotatable bonds is 5. The quantitative estimate of drug-likeness (QED) is 0.787. The molecule has 1 unspecified atom stereocenters. The molecule has 0 spiro atoms. The van der Waals surface area contributed by atoms with Gasteiger partial charge in [-0.25, -0.2) is 14.2 Å².